The minimum absolute atomic E-state index is 0.0254. The van der Waals surface area contributed by atoms with Crippen LogP contribution in [0.2, 0.25) is 0 Å². The Balaban J connectivity index is 1.62. The molecule has 9 nitrogen and oxygen atoms in total. The Hall–Kier alpha value is -3.50. The molecular weight excluding hydrogens is 439 g/mol. The Morgan fingerprint density at radius 3 is 2.79 bits per heavy atom. The van der Waals surface area contributed by atoms with E-state index in [-0.39, 0.29) is 29.3 Å². The van der Waals surface area contributed by atoms with Crippen molar-refractivity contribution in [1.29, 1.82) is 0 Å². The van der Waals surface area contributed by atoms with Gasteiger partial charge in [-0.25, -0.2) is 9.37 Å². The molecule has 0 spiro atoms. The number of amides is 1. The highest BCUT2D eigenvalue weighted by molar-refractivity contribution is 5.99. The standard InChI is InChI=1S/C24H29FN6O3/c1-33-9-10-34-20-8-4-5-14-11-15(13-28-21(14)20)29-23-16(22(27)32)12-17(25)24(31-23)30-19-7-3-2-6-18(19)26/h4-5,8,11-13,18-19H,2-3,6-7,9-10,26H2,1H3,(H2,27,32)(H2,29,30,31)/t18-,19+/m0/s1. The molecular formula is C24H29FN6O3. The molecule has 0 bridgehead atoms. The third-order valence-electron chi connectivity index (χ3n) is 5.86. The van der Waals surface area contributed by atoms with E-state index in [4.69, 9.17) is 20.9 Å². The number of hydrogen-bond acceptors (Lipinski definition) is 8. The van der Waals surface area contributed by atoms with E-state index in [9.17, 15) is 9.18 Å². The molecule has 1 aliphatic rings. The van der Waals surface area contributed by atoms with E-state index in [2.05, 4.69) is 20.6 Å². The van der Waals surface area contributed by atoms with Gasteiger partial charge in [0.2, 0.25) is 0 Å². The Bertz CT molecular complexity index is 1170. The van der Waals surface area contributed by atoms with Gasteiger partial charge in [0.05, 0.1) is 24.1 Å². The summed E-state index contributed by atoms with van der Waals surface area (Å²) in [6, 6.07) is 8.32. The summed E-state index contributed by atoms with van der Waals surface area (Å²) in [5.74, 6) is -0.662. The number of benzene rings is 1. The number of fused-ring (bicyclic) bond motifs is 1. The topological polar surface area (TPSA) is 137 Å². The van der Waals surface area contributed by atoms with Crippen molar-refractivity contribution in [3.8, 4) is 5.75 Å². The number of hydrogen-bond donors (Lipinski definition) is 4. The molecule has 0 saturated heterocycles. The van der Waals surface area contributed by atoms with Crippen molar-refractivity contribution in [3.05, 3.63) is 47.9 Å². The molecule has 2 atom stereocenters. The second-order valence-corrected chi connectivity index (χ2v) is 8.30. The average molecular weight is 469 g/mol. The quantitative estimate of drug-likeness (QED) is 0.351. The first-order valence-corrected chi connectivity index (χ1v) is 11.3. The van der Waals surface area contributed by atoms with Crippen LogP contribution in [0.5, 0.6) is 5.75 Å². The molecule has 0 aliphatic heterocycles. The number of nitrogens with zero attached hydrogens (tertiary/aromatic N) is 2. The number of anilines is 3. The van der Waals surface area contributed by atoms with E-state index < -0.39 is 11.7 Å². The number of para-hydroxylation sites is 1. The van der Waals surface area contributed by atoms with E-state index in [1.165, 1.54) is 0 Å². The monoisotopic (exact) mass is 468 g/mol. The van der Waals surface area contributed by atoms with Crippen LogP contribution in [0.25, 0.3) is 10.9 Å². The van der Waals surface area contributed by atoms with E-state index >= 15 is 0 Å². The number of primary amides is 1. The Kier molecular flexibility index (Phi) is 7.39. The van der Waals surface area contributed by atoms with Gasteiger partial charge in [-0.3, -0.25) is 9.78 Å². The highest BCUT2D eigenvalue weighted by atomic mass is 19.1. The van der Waals surface area contributed by atoms with E-state index in [1.807, 2.05) is 24.3 Å². The molecule has 1 saturated carbocycles. The van der Waals surface area contributed by atoms with Crippen molar-refractivity contribution >= 4 is 34.1 Å². The van der Waals surface area contributed by atoms with E-state index in [1.54, 1.807) is 13.3 Å². The largest absolute Gasteiger partial charge is 0.489 e. The number of nitrogens with one attached hydrogen (secondary N) is 2. The molecule has 1 amide bonds. The van der Waals surface area contributed by atoms with Crippen LogP contribution in [0.15, 0.2) is 36.5 Å². The Morgan fingerprint density at radius 2 is 2.03 bits per heavy atom. The maximum Gasteiger partial charge on any atom is 0.252 e. The number of nitrogens with two attached hydrogens (primary N) is 2. The Morgan fingerprint density at radius 1 is 1.21 bits per heavy atom. The molecule has 34 heavy (non-hydrogen) atoms. The zero-order chi connectivity index (χ0) is 24.1. The minimum atomic E-state index is -0.794. The van der Waals surface area contributed by atoms with Gasteiger partial charge in [-0.2, -0.15) is 0 Å². The summed E-state index contributed by atoms with van der Waals surface area (Å²) in [4.78, 5) is 20.8. The average Bonchev–Trinajstić information content (AvgIpc) is 2.82. The predicted octanol–water partition coefficient (Wildman–Crippen LogP) is 3.32. The molecule has 1 aliphatic carbocycles. The van der Waals surface area contributed by atoms with Gasteiger partial charge in [0.25, 0.3) is 5.91 Å². The number of aromatic nitrogens is 2. The zero-order valence-corrected chi connectivity index (χ0v) is 19.0. The number of rotatable bonds is 9. The third kappa shape index (κ3) is 5.35. The van der Waals surface area contributed by atoms with Crippen LogP contribution >= 0.6 is 0 Å². The summed E-state index contributed by atoms with van der Waals surface area (Å²) < 4.78 is 25.5. The number of carbonyl (C=O) groups excluding carboxylic acids is 1. The fraction of sp³-hybridized carbons (Fsp3) is 0.375. The second kappa shape index (κ2) is 10.6. The van der Waals surface area contributed by atoms with Gasteiger partial charge in [-0.05, 0) is 31.0 Å². The first-order valence-electron chi connectivity index (χ1n) is 11.3. The van der Waals surface area contributed by atoms with Crippen LogP contribution in [0.1, 0.15) is 36.0 Å². The number of carbonyl (C=O) groups is 1. The smallest absolute Gasteiger partial charge is 0.252 e. The lowest BCUT2D eigenvalue weighted by Crippen LogP contribution is -2.43. The number of methoxy groups -OCH3 is 1. The highest BCUT2D eigenvalue weighted by Crippen LogP contribution is 2.29. The lowest BCUT2D eigenvalue weighted by Gasteiger charge is -2.30. The fourth-order valence-corrected chi connectivity index (χ4v) is 4.08. The van der Waals surface area contributed by atoms with Crippen molar-refractivity contribution in [2.75, 3.05) is 31.0 Å². The lowest BCUT2D eigenvalue weighted by atomic mass is 9.91. The summed E-state index contributed by atoms with van der Waals surface area (Å²) in [7, 11) is 1.61. The molecule has 0 unspecified atom stereocenters. The van der Waals surface area contributed by atoms with Gasteiger partial charge in [-0.15, -0.1) is 0 Å². The maximum atomic E-state index is 14.8. The van der Waals surface area contributed by atoms with E-state index in [0.29, 0.717) is 30.2 Å². The molecule has 0 radical (unpaired) electrons. The molecule has 180 valence electrons. The molecule has 3 aromatic rings. The molecule has 1 fully saturated rings. The molecule has 2 aromatic heterocycles. The van der Waals surface area contributed by atoms with Gasteiger partial charge in [0.15, 0.2) is 11.6 Å². The number of ether oxygens (including phenoxy) is 2. The van der Waals surface area contributed by atoms with E-state index in [0.717, 1.165) is 37.1 Å². The fourth-order valence-electron chi connectivity index (χ4n) is 4.08. The molecule has 10 heteroatoms. The molecule has 6 N–H and O–H groups in total. The van der Waals surface area contributed by atoms with Crippen LogP contribution in [-0.4, -0.2) is 48.3 Å². The Labute approximate surface area is 197 Å². The van der Waals surface area contributed by atoms with Crippen LogP contribution in [0.4, 0.5) is 21.7 Å². The maximum absolute atomic E-state index is 14.8. The summed E-state index contributed by atoms with van der Waals surface area (Å²) in [5.41, 5.74) is 12.9. The molecule has 4 rings (SSSR count). The molecule has 1 aromatic carbocycles. The SMILES string of the molecule is COCCOc1cccc2cc(Nc3nc(N[C@@H]4CCCC[C@@H]4N)c(F)cc3C(N)=O)cnc12. The second-order valence-electron chi connectivity index (χ2n) is 8.30. The summed E-state index contributed by atoms with van der Waals surface area (Å²) in [5, 5.41) is 6.98. The third-order valence-corrected chi connectivity index (χ3v) is 5.86. The zero-order valence-electron chi connectivity index (χ0n) is 19.0. The summed E-state index contributed by atoms with van der Waals surface area (Å²) in [6.07, 6.45) is 5.34. The van der Waals surface area contributed by atoms with Crippen LogP contribution in [0, 0.1) is 5.82 Å². The predicted molar refractivity (Wildman–Crippen MR) is 129 cm³/mol. The first-order chi connectivity index (χ1) is 16.5. The van der Waals surface area contributed by atoms with Crippen molar-refractivity contribution in [3.63, 3.8) is 0 Å². The number of halogens is 1. The van der Waals surface area contributed by atoms with Gasteiger partial charge in [0, 0.05) is 24.6 Å². The first kappa shape index (κ1) is 23.7. The van der Waals surface area contributed by atoms with Crippen molar-refractivity contribution in [2.24, 2.45) is 11.5 Å². The normalized spacial score (nSPS) is 18.0. The van der Waals surface area contributed by atoms with Crippen LogP contribution < -0.4 is 26.8 Å². The van der Waals surface area contributed by atoms with Crippen LogP contribution in [-0.2, 0) is 4.74 Å². The number of pyridine rings is 2. The van der Waals surface area contributed by atoms with Gasteiger partial charge in [0.1, 0.15) is 23.7 Å². The van der Waals surface area contributed by atoms with Crippen molar-refractivity contribution in [1.82, 2.24) is 9.97 Å². The van der Waals surface area contributed by atoms with Gasteiger partial charge < -0.3 is 31.6 Å². The molecule has 2 heterocycles. The van der Waals surface area contributed by atoms with Crippen LogP contribution in [0.3, 0.4) is 0 Å². The van der Waals surface area contributed by atoms with Crippen molar-refractivity contribution in [2.45, 2.75) is 37.8 Å². The van der Waals surface area contributed by atoms with Crippen molar-refractivity contribution < 1.29 is 18.7 Å². The minimum Gasteiger partial charge on any atom is -0.489 e. The van der Waals surface area contributed by atoms with Gasteiger partial charge >= 0.3 is 0 Å². The lowest BCUT2D eigenvalue weighted by molar-refractivity contribution is 0.100. The highest BCUT2D eigenvalue weighted by Gasteiger charge is 2.24. The van der Waals surface area contributed by atoms with Gasteiger partial charge in [-0.1, -0.05) is 25.0 Å². The summed E-state index contributed by atoms with van der Waals surface area (Å²) in [6.45, 7) is 0.865. The summed E-state index contributed by atoms with van der Waals surface area (Å²) >= 11 is 0.